The third kappa shape index (κ3) is 2.89. The first-order chi connectivity index (χ1) is 9.40. The summed E-state index contributed by atoms with van der Waals surface area (Å²) in [5.74, 6) is 0.283. The van der Waals surface area contributed by atoms with E-state index in [9.17, 15) is 4.79 Å². The average molecular weight is 313 g/mol. The number of nitrogens with two attached hydrogens (primary N) is 1. The smallest absolute Gasteiger partial charge is 0.256 e. The van der Waals surface area contributed by atoms with E-state index in [1.165, 1.54) is 12.1 Å². The highest BCUT2D eigenvalue weighted by atomic mass is 35.5. The largest absolute Gasteiger partial charge is 0.396 e. The van der Waals surface area contributed by atoms with E-state index in [4.69, 9.17) is 28.9 Å². The van der Waals surface area contributed by atoms with Crippen molar-refractivity contribution in [2.45, 2.75) is 19.9 Å². The number of rotatable bonds is 3. The normalized spacial score (nSPS) is 10.8. The van der Waals surface area contributed by atoms with Crippen LogP contribution in [0.3, 0.4) is 0 Å². The number of carbonyl (C=O) groups excluding carboxylic acids is 1. The van der Waals surface area contributed by atoms with Gasteiger partial charge in [0.2, 0.25) is 0 Å². The molecular formula is C13H14Cl2N4O. The Kier molecular flexibility index (Phi) is 4.20. The number of aromatic nitrogens is 2. The molecule has 0 fully saturated rings. The lowest BCUT2D eigenvalue weighted by molar-refractivity contribution is 0.102. The lowest BCUT2D eigenvalue weighted by Gasteiger charge is -2.12. The Morgan fingerprint density at radius 2 is 1.95 bits per heavy atom. The van der Waals surface area contributed by atoms with Crippen LogP contribution in [0.25, 0.3) is 0 Å². The van der Waals surface area contributed by atoms with Gasteiger partial charge in [0.15, 0.2) is 0 Å². The molecule has 2 rings (SSSR count). The van der Waals surface area contributed by atoms with Gasteiger partial charge in [-0.05, 0) is 26.0 Å². The standard InChI is InChI=1S/C13H14Cl2N4O/c1-7(2)19-11(3-4-17-19)18-13(20)8-5-9(14)12(16)10(15)6-8/h3-7H,16H2,1-2H3,(H,18,20). The van der Waals surface area contributed by atoms with Gasteiger partial charge in [0.25, 0.3) is 5.91 Å². The summed E-state index contributed by atoms with van der Waals surface area (Å²) in [6.45, 7) is 3.94. The number of hydrogen-bond acceptors (Lipinski definition) is 3. The molecule has 3 N–H and O–H groups in total. The average Bonchev–Trinajstić information content (AvgIpc) is 2.83. The fraction of sp³-hybridized carbons (Fsp3) is 0.231. The number of halogens is 2. The summed E-state index contributed by atoms with van der Waals surface area (Å²) in [6, 6.07) is 4.82. The molecule has 0 bridgehead atoms. The lowest BCUT2D eigenvalue weighted by Crippen LogP contribution is -2.17. The van der Waals surface area contributed by atoms with Gasteiger partial charge in [-0.2, -0.15) is 5.10 Å². The third-order valence-corrected chi connectivity index (χ3v) is 3.37. The summed E-state index contributed by atoms with van der Waals surface area (Å²) in [4.78, 5) is 12.2. The SMILES string of the molecule is CC(C)n1nccc1NC(=O)c1cc(Cl)c(N)c(Cl)c1. The van der Waals surface area contributed by atoms with Crippen LogP contribution >= 0.6 is 23.2 Å². The van der Waals surface area contributed by atoms with Gasteiger partial charge in [0, 0.05) is 17.7 Å². The second-order valence-corrected chi connectivity index (χ2v) is 5.38. The van der Waals surface area contributed by atoms with Gasteiger partial charge in [-0.3, -0.25) is 4.79 Å². The molecule has 106 valence electrons. The van der Waals surface area contributed by atoms with Gasteiger partial charge in [-0.1, -0.05) is 23.2 Å². The Morgan fingerprint density at radius 1 is 1.35 bits per heavy atom. The molecule has 0 radical (unpaired) electrons. The van der Waals surface area contributed by atoms with Crippen LogP contribution in [-0.4, -0.2) is 15.7 Å². The number of amides is 1. The fourth-order valence-electron chi connectivity index (χ4n) is 1.73. The van der Waals surface area contributed by atoms with Crippen molar-refractivity contribution < 1.29 is 4.79 Å². The quantitative estimate of drug-likeness (QED) is 0.850. The van der Waals surface area contributed by atoms with E-state index < -0.39 is 0 Å². The zero-order chi connectivity index (χ0) is 14.9. The van der Waals surface area contributed by atoms with Crippen molar-refractivity contribution in [3.05, 3.63) is 40.0 Å². The molecule has 1 amide bonds. The van der Waals surface area contributed by atoms with Gasteiger partial charge < -0.3 is 11.1 Å². The van der Waals surface area contributed by atoms with Gasteiger partial charge in [-0.15, -0.1) is 0 Å². The van der Waals surface area contributed by atoms with Gasteiger partial charge >= 0.3 is 0 Å². The maximum Gasteiger partial charge on any atom is 0.256 e. The lowest BCUT2D eigenvalue weighted by atomic mass is 10.2. The van der Waals surface area contributed by atoms with Crippen LogP contribution < -0.4 is 11.1 Å². The van der Waals surface area contributed by atoms with Crippen LogP contribution in [-0.2, 0) is 0 Å². The molecule has 0 aliphatic heterocycles. The van der Waals surface area contributed by atoms with E-state index in [1.807, 2.05) is 13.8 Å². The summed E-state index contributed by atoms with van der Waals surface area (Å²) >= 11 is 11.8. The molecule has 1 heterocycles. The molecule has 0 aliphatic rings. The van der Waals surface area contributed by atoms with Crippen molar-refractivity contribution in [1.82, 2.24) is 9.78 Å². The molecule has 20 heavy (non-hydrogen) atoms. The number of hydrogen-bond donors (Lipinski definition) is 2. The van der Waals surface area contributed by atoms with Crippen LogP contribution in [0.1, 0.15) is 30.2 Å². The van der Waals surface area contributed by atoms with Crippen molar-refractivity contribution in [3.63, 3.8) is 0 Å². The molecule has 1 aromatic heterocycles. The molecule has 0 spiro atoms. The molecule has 5 nitrogen and oxygen atoms in total. The van der Waals surface area contributed by atoms with Crippen LogP contribution in [0.5, 0.6) is 0 Å². The molecule has 1 aromatic carbocycles. The van der Waals surface area contributed by atoms with Crippen LogP contribution in [0, 0.1) is 0 Å². The van der Waals surface area contributed by atoms with Crippen molar-refractivity contribution in [2.75, 3.05) is 11.1 Å². The molecule has 2 aromatic rings. The maximum absolute atomic E-state index is 12.2. The number of nitrogens with zero attached hydrogens (tertiary/aromatic N) is 2. The van der Waals surface area contributed by atoms with Crippen LogP contribution in [0.4, 0.5) is 11.5 Å². The molecule has 0 saturated carbocycles. The summed E-state index contributed by atoms with van der Waals surface area (Å²) in [6.07, 6.45) is 1.62. The summed E-state index contributed by atoms with van der Waals surface area (Å²) in [5, 5.41) is 7.41. The minimum Gasteiger partial charge on any atom is -0.396 e. The van der Waals surface area contributed by atoms with Gasteiger partial charge in [-0.25, -0.2) is 4.68 Å². The number of benzene rings is 1. The highest BCUT2D eigenvalue weighted by Gasteiger charge is 2.14. The van der Waals surface area contributed by atoms with E-state index in [1.54, 1.807) is 16.9 Å². The zero-order valence-electron chi connectivity index (χ0n) is 11.0. The molecule has 7 heteroatoms. The first-order valence-electron chi connectivity index (χ1n) is 5.99. The summed E-state index contributed by atoms with van der Waals surface area (Å²) in [7, 11) is 0. The van der Waals surface area contributed by atoms with Crippen molar-refractivity contribution in [3.8, 4) is 0 Å². The first-order valence-corrected chi connectivity index (χ1v) is 6.75. The van der Waals surface area contributed by atoms with Crippen LogP contribution in [0.15, 0.2) is 24.4 Å². The minimum atomic E-state index is -0.323. The second-order valence-electron chi connectivity index (χ2n) is 4.56. The zero-order valence-corrected chi connectivity index (χ0v) is 12.5. The minimum absolute atomic E-state index is 0.138. The Bertz CT molecular complexity index is 629. The Hall–Kier alpha value is -1.72. The van der Waals surface area contributed by atoms with E-state index in [-0.39, 0.29) is 27.7 Å². The Balaban J connectivity index is 2.26. The Morgan fingerprint density at radius 3 is 2.50 bits per heavy atom. The van der Waals surface area contributed by atoms with Gasteiger partial charge in [0.1, 0.15) is 5.82 Å². The number of anilines is 2. The predicted octanol–water partition coefficient (Wildman–Crippen LogP) is 3.61. The number of nitrogens with one attached hydrogen (secondary N) is 1. The first kappa shape index (κ1) is 14.7. The number of carbonyl (C=O) groups is 1. The van der Waals surface area contributed by atoms with Crippen molar-refractivity contribution >= 4 is 40.6 Å². The van der Waals surface area contributed by atoms with E-state index in [0.29, 0.717) is 11.4 Å². The second kappa shape index (κ2) is 5.73. The number of nitrogen functional groups attached to an aromatic ring is 1. The van der Waals surface area contributed by atoms with E-state index in [0.717, 1.165) is 0 Å². The summed E-state index contributed by atoms with van der Waals surface area (Å²) in [5.41, 5.74) is 6.24. The van der Waals surface area contributed by atoms with Crippen molar-refractivity contribution in [2.24, 2.45) is 0 Å². The summed E-state index contributed by atoms with van der Waals surface area (Å²) < 4.78 is 1.71. The molecule has 0 aliphatic carbocycles. The third-order valence-electron chi connectivity index (χ3n) is 2.74. The predicted molar refractivity (Wildman–Crippen MR) is 81.4 cm³/mol. The molecular weight excluding hydrogens is 299 g/mol. The van der Waals surface area contributed by atoms with Gasteiger partial charge in [0.05, 0.1) is 21.9 Å². The van der Waals surface area contributed by atoms with Crippen LogP contribution in [0.2, 0.25) is 10.0 Å². The fourth-order valence-corrected chi connectivity index (χ4v) is 2.22. The molecule has 0 atom stereocenters. The topological polar surface area (TPSA) is 72.9 Å². The Labute approximate surface area is 126 Å². The van der Waals surface area contributed by atoms with Crippen molar-refractivity contribution in [1.29, 1.82) is 0 Å². The maximum atomic E-state index is 12.2. The molecule has 0 unspecified atom stereocenters. The van der Waals surface area contributed by atoms with E-state index in [2.05, 4.69) is 10.4 Å². The highest BCUT2D eigenvalue weighted by molar-refractivity contribution is 6.39. The van der Waals surface area contributed by atoms with E-state index >= 15 is 0 Å². The molecule has 0 saturated heterocycles. The monoisotopic (exact) mass is 312 g/mol. The highest BCUT2D eigenvalue weighted by Crippen LogP contribution is 2.29.